The van der Waals surface area contributed by atoms with Crippen LogP contribution in [0.3, 0.4) is 0 Å². The first-order valence-corrected chi connectivity index (χ1v) is 12.9. The number of hydrogen-bond donors (Lipinski definition) is 1. The van der Waals surface area contributed by atoms with E-state index in [2.05, 4.69) is 0 Å². The Balaban J connectivity index is -0.0000000336. The van der Waals surface area contributed by atoms with E-state index in [1.165, 1.54) is 25.7 Å². The predicted molar refractivity (Wildman–Crippen MR) is 110 cm³/mol. The smallest absolute Gasteiger partial charge is 0 e. The summed E-state index contributed by atoms with van der Waals surface area (Å²) in [4.78, 5) is 8.36. The third kappa shape index (κ3) is 40.5. The molecule has 0 amide bonds. The molecular weight excluding hydrogens is 887 g/mol. The summed E-state index contributed by atoms with van der Waals surface area (Å²) in [6.45, 7) is 0. The molecule has 0 aliphatic heterocycles. The minimum atomic E-state index is -1.50. The van der Waals surface area contributed by atoms with Crippen molar-refractivity contribution in [2.75, 3.05) is 0 Å². The molecule has 2 fully saturated rings. The second-order valence-corrected chi connectivity index (χ2v) is 8.56. The van der Waals surface area contributed by atoms with Crippen LogP contribution in [0.5, 0.6) is 0 Å². The summed E-state index contributed by atoms with van der Waals surface area (Å²) in [7, 11) is 9.75. The van der Waals surface area contributed by atoms with Crippen molar-refractivity contribution in [3.05, 3.63) is 40.5 Å². The summed E-state index contributed by atoms with van der Waals surface area (Å²) in [6, 6.07) is -0.319. The van der Waals surface area contributed by atoms with E-state index in [0.29, 0.717) is 0 Å². The predicted octanol–water partition coefficient (Wildman–Crippen LogP) is 5.26. The Labute approximate surface area is 221 Å². The van der Waals surface area contributed by atoms with Crippen molar-refractivity contribution in [1.29, 1.82) is 0 Å². The van der Waals surface area contributed by atoms with Crippen molar-refractivity contribution in [2.45, 2.75) is 83.0 Å². The van der Waals surface area contributed by atoms with Crippen molar-refractivity contribution in [3.63, 3.8) is 0 Å². The van der Waals surface area contributed by atoms with Gasteiger partial charge in [-0.25, -0.2) is 0 Å². The van der Waals surface area contributed by atoms with E-state index < -0.39 is 21.6 Å². The maximum atomic E-state index is 8.36. The van der Waals surface area contributed by atoms with Crippen LogP contribution in [0.4, 0.5) is 0 Å². The van der Waals surface area contributed by atoms with Gasteiger partial charge in [-0.15, -0.1) is 10.1 Å². The number of hydrogen-bond acceptors (Lipinski definition) is 2. The number of halogens is 2. The van der Waals surface area contributed by atoms with E-state index in [4.69, 9.17) is 57.1 Å². The van der Waals surface area contributed by atoms with E-state index in [9.17, 15) is 0 Å². The van der Waals surface area contributed by atoms with Crippen LogP contribution in [0.2, 0.25) is 0 Å². The van der Waals surface area contributed by atoms with Gasteiger partial charge in [0.1, 0.15) is 0 Å². The molecule has 2 aliphatic carbocycles. The van der Waals surface area contributed by atoms with Crippen LogP contribution in [0.25, 0.3) is 22.9 Å². The number of nitrogens with one attached hydrogen (secondary N) is 4. The minimum Gasteiger partial charge on any atom is -0.676 e. The Morgan fingerprint density at radius 1 is 0.828 bits per heavy atom. The molecule has 4 atom stereocenters. The van der Waals surface area contributed by atoms with Gasteiger partial charge in [-0.2, -0.15) is 24.2 Å². The van der Waals surface area contributed by atoms with Crippen LogP contribution >= 0.6 is 18.8 Å². The van der Waals surface area contributed by atoms with Crippen molar-refractivity contribution >= 4 is 18.8 Å². The van der Waals surface area contributed by atoms with E-state index in [-0.39, 0.29) is 93.4 Å². The molecule has 10 nitrogen and oxygen atoms in total. The van der Waals surface area contributed by atoms with Crippen molar-refractivity contribution in [2.24, 2.45) is 0 Å². The normalized spacial score (nSPS) is 23.5. The topological polar surface area (TPSA) is 222 Å². The van der Waals surface area contributed by atoms with Gasteiger partial charge >= 0.3 is 35.3 Å². The first kappa shape index (κ1) is 52.5. The summed E-state index contributed by atoms with van der Waals surface area (Å²) in [5.74, 6) is 0. The Hall–Kier alpha value is 1.66. The molecule has 0 heterocycles. The van der Waals surface area contributed by atoms with Gasteiger partial charge in [0, 0.05) is 43.4 Å². The maximum Gasteiger partial charge on any atom is 0 e. The molecule has 0 saturated heterocycles. The molecule has 2 aliphatic rings. The van der Waals surface area contributed by atoms with Crippen molar-refractivity contribution in [1.82, 2.24) is 0 Å². The Kier molecular flexibility index (Phi) is 67.0. The molecule has 2 rings (SSSR count). The molecule has 0 aromatic rings. The summed E-state index contributed by atoms with van der Waals surface area (Å²) in [5, 5.41) is 13.6. The Morgan fingerprint density at radius 3 is 1.00 bits per heavy atom. The second kappa shape index (κ2) is 37.0. The molecule has 9 N–H and O–H groups in total. The fourth-order valence-corrected chi connectivity index (χ4v) is 2.26. The minimum absolute atomic E-state index is 0. The van der Waals surface area contributed by atoms with Gasteiger partial charge in [-0.1, -0.05) is 58.8 Å². The molecule has 0 aromatic carbocycles. The molecule has 1 radical (unpaired) electrons. The van der Waals surface area contributed by atoms with Crippen LogP contribution in [0.1, 0.15) is 58.8 Å². The fourth-order valence-electron chi connectivity index (χ4n) is 2.26. The van der Waals surface area contributed by atoms with Gasteiger partial charge in [0.2, 0.25) is 0 Å². The number of nitrogens with zero attached hydrogens (tertiary/aromatic N) is 1. The summed E-state index contributed by atoms with van der Waals surface area (Å²) in [5.41, 5.74) is 29.2. The van der Waals surface area contributed by atoms with Crippen molar-refractivity contribution in [3.8, 4) is 0 Å². The van der Waals surface area contributed by atoms with E-state index >= 15 is 0 Å². The fraction of sp³-hybridized carbons (Fsp3) is 0.929. The molecule has 2 saturated carbocycles. The van der Waals surface area contributed by atoms with Crippen LogP contribution in [0, 0.1) is 17.5 Å². The Morgan fingerprint density at radius 2 is 0.931 bits per heavy atom. The van der Waals surface area contributed by atoms with E-state index in [1.54, 1.807) is 0 Å². The summed E-state index contributed by atoms with van der Waals surface area (Å²) < 4.78 is 0. The second-order valence-electron chi connectivity index (χ2n) is 5.28. The van der Waals surface area contributed by atoms with Gasteiger partial charge in [0.05, 0.1) is 0 Å². The van der Waals surface area contributed by atoms with Gasteiger partial charge in [0.15, 0.2) is 0 Å². The molecular formula is C14H36AgCl2N5O5Pt2-3. The van der Waals surface area contributed by atoms with Crippen LogP contribution in [-0.4, -0.2) is 45.4 Å². The molecule has 0 bridgehead atoms. The third-order valence-corrected chi connectivity index (χ3v) is 3.53. The largest absolute Gasteiger partial charge is 0.676 e. The zero-order valence-electron chi connectivity index (χ0n) is 15.4. The summed E-state index contributed by atoms with van der Waals surface area (Å²) >= 11 is -0.472. The number of rotatable bonds is 0. The van der Waals surface area contributed by atoms with E-state index in [1.807, 2.05) is 0 Å². The molecule has 0 unspecified atom stereocenters. The molecule has 195 valence electrons. The average molecular weight is 923 g/mol. The first-order chi connectivity index (χ1) is 10.8. The van der Waals surface area contributed by atoms with Gasteiger partial charge < -0.3 is 46.5 Å². The molecule has 0 spiro atoms. The standard InChI is InChI=1S/2C6H12N2.CH4.CH3.Ag.2ClH.HNO3.2H2O.2Pt/c2*7-5-3-1-2-4-6(5)8;;;;;;2-1(3)4;;;;/h2*5-8H,1-4H2;1H4;1H3;;2*1H;(H,2,3,4);2*1H2;;/q2*-2;;-1;;;;;;;;+4/p-2/t2*5-,6-;;;;;;;;;;/m11........../s1. The van der Waals surface area contributed by atoms with Crippen molar-refractivity contribution < 1.29 is 81.2 Å². The van der Waals surface area contributed by atoms with Crippen LogP contribution < -0.4 is 0 Å². The van der Waals surface area contributed by atoms with Crippen LogP contribution in [-0.2, 0) is 59.9 Å². The van der Waals surface area contributed by atoms with Crippen LogP contribution in [0.15, 0.2) is 0 Å². The zero-order chi connectivity index (χ0) is 18.3. The molecule has 29 heavy (non-hydrogen) atoms. The van der Waals surface area contributed by atoms with E-state index in [0.717, 1.165) is 25.7 Å². The van der Waals surface area contributed by atoms with Gasteiger partial charge in [-0.3, -0.25) is 0 Å². The summed E-state index contributed by atoms with van der Waals surface area (Å²) in [6.07, 6.45) is 8.49. The molecule has 0 aromatic heterocycles. The SMILES string of the molecule is C.O.O.O=[N+]([O-])O.[Ag].[CH3-].[Cl][Pt+2][Cl].[NH-][C@@H]1CCCC[C@H]1[NH-].[NH-][C@@H]1CCCC[C@H]1[NH-].[Pt]. The first-order valence-electron chi connectivity index (χ1n) is 7.26. The van der Waals surface area contributed by atoms with Gasteiger partial charge in [0.25, 0.3) is 5.09 Å². The van der Waals surface area contributed by atoms with Gasteiger partial charge in [-0.05, 0) is 0 Å². The molecule has 15 heteroatoms. The average Bonchev–Trinajstić information content (AvgIpc) is 2.46. The monoisotopic (exact) mass is 921 g/mol. The zero-order valence-corrected chi connectivity index (χ0v) is 22.9. The quantitative estimate of drug-likeness (QED) is 0.149. The maximum absolute atomic E-state index is 8.36. The third-order valence-electron chi connectivity index (χ3n) is 3.53. The Bertz CT molecular complexity index is 269.